The molecule has 0 saturated carbocycles. The Labute approximate surface area is 119 Å². The monoisotopic (exact) mass is 274 g/mol. The third-order valence-corrected chi connectivity index (χ3v) is 3.59. The summed E-state index contributed by atoms with van der Waals surface area (Å²) in [6, 6.07) is 7.22. The van der Waals surface area contributed by atoms with Gasteiger partial charge in [-0.1, -0.05) is 20.3 Å². The van der Waals surface area contributed by atoms with E-state index in [1.54, 1.807) is 24.3 Å². The summed E-state index contributed by atoms with van der Waals surface area (Å²) < 4.78 is 5.55. The lowest BCUT2D eigenvalue weighted by molar-refractivity contribution is 0.0909. The van der Waals surface area contributed by atoms with Crippen molar-refractivity contribution in [1.29, 1.82) is 0 Å². The van der Waals surface area contributed by atoms with Gasteiger partial charge in [0.1, 0.15) is 5.58 Å². The van der Waals surface area contributed by atoms with E-state index in [4.69, 9.17) is 10.2 Å². The highest BCUT2D eigenvalue weighted by atomic mass is 16.3. The number of nitrogens with one attached hydrogen (secondary N) is 1. The minimum Gasteiger partial charge on any atom is -0.451 e. The van der Waals surface area contributed by atoms with Gasteiger partial charge in [0.25, 0.3) is 5.91 Å². The van der Waals surface area contributed by atoms with E-state index in [1.165, 1.54) is 0 Å². The Morgan fingerprint density at radius 1 is 1.35 bits per heavy atom. The molecule has 3 N–H and O–H groups in total. The molecule has 20 heavy (non-hydrogen) atoms. The molecule has 0 radical (unpaired) electrons. The standard InChI is InChI=1S/C16H22N2O2/c1-4-10(2)7-11(3)18-16(19)15-9-12-8-13(17)5-6-14(12)20-15/h5-6,8-11H,4,7,17H2,1-3H3,(H,18,19). The van der Waals surface area contributed by atoms with Crippen LogP contribution in [0.3, 0.4) is 0 Å². The summed E-state index contributed by atoms with van der Waals surface area (Å²) in [5.74, 6) is 0.762. The van der Waals surface area contributed by atoms with Crippen molar-refractivity contribution in [1.82, 2.24) is 5.32 Å². The Balaban J connectivity index is 2.07. The molecule has 0 aliphatic rings. The number of fused-ring (bicyclic) bond motifs is 1. The highest BCUT2D eigenvalue weighted by Gasteiger charge is 2.16. The summed E-state index contributed by atoms with van der Waals surface area (Å²) in [5.41, 5.74) is 7.06. The zero-order valence-corrected chi connectivity index (χ0v) is 12.3. The summed E-state index contributed by atoms with van der Waals surface area (Å²) >= 11 is 0. The van der Waals surface area contributed by atoms with Gasteiger partial charge in [0.2, 0.25) is 0 Å². The smallest absolute Gasteiger partial charge is 0.287 e. The molecule has 0 bridgehead atoms. The van der Waals surface area contributed by atoms with E-state index in [0.29, 0.717) is 22.9 Å². The number of benzene rings is 1. The molecule has 1 heterocycles. The SMILES string of the molecule is CCC(C)CC(C)NC(=O)c1cc2cc(N)ccc2o1. The number of rotatable bonds is 5. The number of hydrogen-bond donors (Lipinski definition) is 2. The van der Waals surface area contributed by atoms with Gasteiger partial charge >= 0.3 is 0 Å². The lowest BCUT2D eigenvalue weighted by Gasteiger charge is -2.16. The van der Waals surface area contributed by atoms with Crippen molar-refractivity contribution in [3.05, 3.63) is 30.0 Å². The van der Waals surface area contributed by atoms with Crippen molar-refractivity contribution in [2.24, 2.45) is 5.92 Å². The third-order valence-electron chi connectivity index (χ3n) is 3.59. The minimum absolute atomic E-state index is 0.135. The molecule has 0 aliphatic carbocycles. The number of nitrogen functional groups attached to an aromatic ring is 1. The van der Waals surface area contributed by atoms with Crippen LogP contribution in [0.1, 0.15) is 44.2 Å². The van der Waals surface area contributed by atoms with Gasteiger partial charge in [-0.2, -0.15) is 0 Å². The van der Waals surface area contributed by atoms with Gasteiger partial charge in [-0.3, -0.25) is 4.79 Å². The van der Waals surface area contributed by atoms with Crippen LogP contribution in [0.5, 0.6) is 0 Å². The molecule has 2 rings (SSSR count). The number of amides is 1. The molecule has 108 valence electrons. The lowest BCUT2D eigenvalue weighted by atomic mass is 10.0. The average Bonchev–Trinajstić information content (AvgIpc) is 2.81. The molecule has 2 aromatic rings. The summed E-state index contributed by atoms with van der Waals surface area (Å²) in [7, 11) is 0. The number of carbonyl (C=O) groups excluding carboxylic acids is 1. The van der Waals surface area contributed by atoms with E-state index in [0.717, 1.165) is 18.2 Å². The van der Waals surface area contributed by atoms with E-state index < -0.39 is 0 Å². The maximum Gasteiger partial charge on any atom is 0.287 e. The van der Waals surface area contributed by atoms with E-state index in [9.17, 15) is 4.79 Å². The van der Waals surface area contributed by atoms with Gasteiger partial charge < -0.3 is 15.5 Å². The van der Waals surface area contributed by atoms with E-state index in [2.05, 4.69) is 19.2 Å². The second-order valence-corrected chi connectivity index (χ2v) is 5.53. The van der Waals surface area contributed by atoms with Gasteiger partial charge in [-0.15, -0.1) is 0 Å². The molecule has 0 saturated heterocycles. The first-order valence-corrected chi connectivity index (χ1v) is 7.09. The second kappa shape index (κ2) is 5.99. The third kappa shape index (κ3) is 3.32. The Hall–Kier alpha value is -1.97. The topological polar surface area (TPSA) is 68.3 Å². The summed E-state index contributed by atoms with van der Waals surface area (Å²) in [6.45, 7) is 6.36. The zero-order valence-electron chi connectivity index (χ0n) is 12.3. The van der Waals surface area contributed by atoms with Crippen LogP contribution in [0, 0.1) is 5.92 Å². The molecule has 1 aromatic carbocycles. The van der Waals surface area contributed by atoms with Crippen LogP contribution < -0.4 is 11.1 Å². The molecular weight excluding hydrogens is 252 g/mol. The fourth-order valence-corrected chi connectivity index (χ4v) is 2.30. The lowest BCUT2D eigenvalue weighted by Crippen LogP contribution is -2.33. The van der Waals surface area contributed by atoms with Crippen molar-refractivity contribution in [3.8, 4) is 0 Å². The number of carbonyl (C=O) groups is 1. The predicted octanol–water partition coefficient (Wildman–Crippen LogP) is 3.57. The van der Waals surface area contributed by atoms with Crippen LogP contribution in [0.25, 0.3) is 11.0 Å². The maximum absolute atomic E-state index is 12.1. The Morgan fingerprint density at radius 2 is 2.10 bits per heavy atom. The quantitative estimate of drug-likeness (QED) is 0.819. The first kappa shape index (κ1) is 14.4. The maximum atomic E-state index is 12.1. The Morgan fingerprint density at radius 3 is 2.80 bits per heavy atom. The molecule has 1 amide bonds. The van der Waals surface area contributed by atoms with Crippen LogP contribution >= 0.6 is 0 Å². The van der Waals surface area contributed by atoms with Crippen LogP contribution in [0.2, 0.25) is 0 Å². The first-order chi connectivity index (χ1) is 9.49. The summed E-state index contributed by atoms with van der Waals surface area (Å²) in [4.78, 5) is 12.1. The first-order valence-electron chi connectivity index (χ1n) is 7.09. The predicted molar refractivity (Wildman–Crippen MR) is 81.6 cm³/mol. The molecule has 0 fully saturated rings. The van der Waals surface area contributed by atoms with Crippen LogP contribution in [0.4, 0.5) is 5.69 Å². The highest BCUT2D eigenvalue weighted by molar-refractivity contribution is 5.96. The Bertz CT molecular complexity index is 604. The molecular formula is C16H22N2O2. The molecule has 0 aliphatic heterocycles. The molecule has 4 nitrogen and oxygen atoms in total. The van der Waals surface area contributed by atoms with Crippen molar-refractivity contribution >= 4 is 22.6 Å². The van der Waals surface area contributed by atoms with Crippen molar-refractivity contribution < 1.29 is 9.21 Å². The molecule has 2 atom stereocenters. The van der Waals surface area contributed by atoms with Gasteiger partial charge in [0, 0.05) is 17.1 Å². The van der Waals surface area contributed by atoms with Crippen molar-refractivity contribution in [2.75, 3.05) is 5.73 Å². The van der Waals surface area contributed by atoms with Crippen LogP contribution in [0.15, 0.2) is 28.7 Å². The molecule has 2 unspecified atom stereocenters. The van der Waals surface area contributed by atoms with E-state index >= 15 is 0 Å². The normalized spacial score (nSPS) is 14.2. The minimum atomic E-state index is -0.171. The molecule has 1 aromatic heterocycles. The van der Waals surface area contributed by atoms with Gasteiger partial charge in [-0.25, -0.2) is 0 Å². The van der Waals surface area contributed by atoms with Crippen LogP contribution in [-0.2, 0) is 0 Å². The van der Waals surface area contributed by atoms with Crippen molar-refractivity contribution in [3.63, 3.8) is 0 Å². The van der Waals surface area contributed by atoms with Gasteiger partial charge in [0.05, 0.1) is 0 Å². The average molecular weight is 274 g/mol. The van der Waals surface area contributed by atoms with Gasteiger partial charge in [-0.05, 0) is 43.5 Å². The molecule has 0 spiro atoms. The van der Waals surface area contributed by atoms with Crippen molar-refractivity contribution in [2.45, 2.75) is 39.7 Å². The molecule has 4 heteroatoms. The number of hydrogen-bond acceptors (Lipinski definition) is 3. The van der Waals surface area contributed by atoms with Gasteiger partial charge in [0.15, 0.2) is 5.76 Å². The van der Waals surface area contributed by atoms with E-state index in [-0.39, 0.29) is 11.9 Å². The number of furan rings is 1. The summed E-state index contributed by atoms with van der Waals surface area (Å²) in [6.07, 6.45) is 2.08. The summed E-state index contributed by atoms with van der Waals surface area (Å²) in [5, 5.41) is 3.82. The largest absolute Gasteiger partial charge is 0.451 e. The highest BCUT2D eigenvalue weighted by Crippen LogP contribution is 2.22. The fourth-order valence-electron chi connectivity index (χ4n) is 2.30. The van der Waals surface area contributed by atoms with E-state index in [1.807, 2.05) is 6.92 Å². The number of anilines is 1. The second-order valence-electron chi connectivity index (χ2n) is 5.53. The fraction of sp³-hybridized carbons (Fsp3) is 0.438. The Kier molecular flexibility index (Phi) is 4.32. The number of nitrogens with two attached hydrogens (primary N) is 1. The van der Waals surface area contributed by atoms with Crippen LogP contribution in [-0.4, -0.2) is 11.9 Å². The zero-order chi connectivity index (χ0) is 14.7.